The lowest BCUT2D eigenvalue weighted by Crippen LogP contribution is -2.51. The molecule has 2 aromatic rings. The lowest BCUT2D eigenvalue weighted by molar-refractivity contribution is -0.164. The van der Waals surface area contributed by atoms with Crippen molar-refractivity contribution in [1.29, 1.82) is 0 Å². The third kappa shape index (κ3) is 5.13. The molecule has 7 nitrogen and oxygen atoms in total. The van der Waals surface area contributed by atoms with E-state index in [4.69, 9.17) is 9.84 Å². The average Bonchev–Trinajstić information content (AvgIpc) is 3.56. The summed E-state index contributed by atoms with van der Waals surface area (Å²) in [6, 6.07) is 14.6. The number of alkyl carbamates (subject to hydrolysis) is 1. The largest absolute Gasteiger partial charge is 0.477 e. The van der Waals surface area contributed by atoms with E-state index in [1.54, 1.807) is 0 Å². The van der Waals surface area contributed by atoms with Gasteiger partial charge in [0.25, 0.3) is 0 Å². The highest BCUT2D eigenvalue weighted by Gasteiger charge is 2.40. The Balaban J connectivity index is 1.38. The number of rotatable bonds is 9. The van der Waals surface area contributed by atoms with Gasteiger partial charge in [0.05, 0.1) is 6.54 Å². The topological polar surface area (TPSA) is 105 Å². The van der Waals surface area contributed by atoms with Gasteiger partial charge < -0.3 is 20.5 Å². The zero-order valence-electron chi connectivity index (χ0n) is 17.7. The first kappa shape index (κ1) is 22.7. The number of fused-ring (bicyclic) bond motifs is 3. The van der Waals surface area contributed by atoms with Crippen LogP contribution in [0.1, 0.15) is 36.3 Å². The van der Waals surface area contributed by atoms with Crippen molar-refractivity contribution in [2.75, 3.05) is 13.2 Å². The predicted octanol–water partition coefficient (Wildman–Crippen LogP) is 3.53. The van der Waals surface area contributed by atoms with Gasteiger partial charge in [-0.2, -0.15) is 8.78 Å². The molecule has 0 bridgehead atoms. The molecule has 2 aromatic carbocycles. The molecule has 2 amide bonds. The van der Waals surface area contributed by atoms with Crippen molar-refractivity contribution >= 4 is 18.0 Å². The van der Waals surface area contributed by atoms with Gasteiger partial charge in [-0.25, -0.2) is 9.59 Å². The van der Waals surface area contributed by atoms with E-state index in [9.17, 15) is 23.2 Å². The van der Waals surface area contributed by atoms with Gasteiger partial charge in [-0.3, -0.25) is 4.79 Å². The standard InChI is InChI=1S/C24H24F2N2O5/c25-24(26,22(30)31)13-27-21(29)20(11-14-9-10-14)28-23(32)33-12-19-17-7-3-1-5-15(17)16-6-2-4-8-18(16)19/h1-8,14,19-20H,9-13H2,(H,27,29)(H,28,32)(H,30,31)/t20-/m0/s1. The summed E-state index contributed by atoms with van der Waals surface area (Å²) in [4.78, 5) is 35.4. The minimum absolute atomic E-state index is 0.0503. The number of alkyl halides is 2. The van der Waals surface area contributed by atoms with Crippen molar-refractivity contribution < 1.29 is 33.0 Å². The summed E-state index contributed by atoms with van der Waals surface area (Å²) in [5.41, 5.74) is 4.23. The lowest BCUT2D eigenvalue weighted by atomic mass is 9.98. The fourth-order valence-electron chi connectivity index (χ4n) is 4.10. The molecule has 1 fully saturated rings. The molecule has 2 aliphatic rings. The summed E-state index contributed by atoms with van der Waals surface area (Å²) in [5.74, 6) is -7.24. The van der Waals surface area contributed by atoms with E-state index >= 15 is 0 Å². The summed E-state index contributed by atoms with van der Waals surface area (Å²) in [6.07, 6.45) is 1.19. The van der Waals surface area contributed by atoms with Crippen LogP contribution in [0.2, 0.25) is 0 Å². The molecule has 0 aromatic heterocycles. The van der Waals surface area contributed by atoms with Crippen molar-refractivity contribution in [2.24, 2.45) is 5.92 Å². The predicted molar refractivity (Wildman–Crippen MR) is 115 cm³/mol. The van der Waals surface area contributed by atoms with Crippen LogP contribution in [0.25, 0.3) is 11.1 Å². The molecular formula is C24H24F2N2O5. The number of hydrogen-bond donors (Lipinski definition) is 3. The number of carbonyl (C=O) groups is 3. The highest BCUT2D eigenvalue weighted by atomic mass is 19.3. The second-order valence-corrected chi connectivity index (χ2v) is 8.43. The van der Waals surface area contributed by atoms with Crippen LogP contribution >= 0.6 is 0 Å². The van der Waals surface area contributed by atoms with Crippen LogP contribution in [-0.4, -0.2) is 48.2 Å². The SMILES string of the molecule is O=C(N[C@@H](CC1CC1)C(=O)NCC(F)(F)C(=O)O)OCC1c2ccccc2-c2ccccc21. The molecule has 3 N–H and O–H groups in total. The van der Waals surface area contributed by atoms with Crippen LogP contribution in [0, 0.1) is 5.92 Å². The van der Waals surface area contributed by atoms with E-state index in [2.05, 4.69) is 5.32 Å². The summed E-state index contributed by atoms with van der Waals surface area (Å²) in [7, 11) is 0. The number of aliphatic carboxylic acids is 1. The van der Waals surface area contributed by atoms with E-state index in [1.165, 1.54) is 0 Å². The minimum atomic E-state index is -4.09. The summed E-state index contributed by atoms with van der Waals surface area (Å²) >= 11 is 0. The van der Waals surface area contributed by atoms with Crippen molar-refractivity contribution in [2.45, 2.75) is 37.1 Å². The van der Waals surface area contributed by atoms with E-state index in [0.29, 0.717) is 0 Å². The molecule has 0 radical (unpaired) electrons. The van der Waals surface area contributed by atoms with Crippen molar-refractivity contribution in [3.05, 3.63) is 59.7 Å². The lowest BCUT2D eigenvalue weighted by Gasteiger charge is -2.20. The number of carbonyl (C=O) groups excluding carboxylic acids is 2. The van der Waals surface area contributed by atoms with Crippen molar-refractivity contribution in [3.63, 3.8) is 0 Å². The maximum Gasteiger partial charge on any atom is 0.407 e. The number of ether oxygens (including phenoxy) is 1. The monoisotopic (exact) mass is 458 g/mol. The maximum absolute atomic E-state index is 13.3. The van der Waals surface area contributed by atoms with Gasteiger partial charge >= 0.3 is 18.0 Å². The normalized spacial score (nSPS) is 15.8. The molecule has 9 heteroatoms. The summed E-state index contributed by atoms with van der Waals surface area (Å²) in [5, 5.41) is 12.9. The Morgan fingerprint density at radius 2 is 1.61 bits per heavy atom. The molecule has 2 aliphatic carbocycles. The van der Waals surface area contributed by atoms with Gasteiger partial charge in [-0.05, 0) is 34.6 Å². The zero-order chi connectivity index (χ0) is 23.6. The molecule has 174 valence electrons. The second kappa shape index (κ2) is 9.17. The molecule has 0 saturated heterocycles. The number of benzene rings is 2. The smallest absolute Gasteiger partial charge is 0.407 e. The van der Waals surface area contributed by atoms with Crippen LogP contribution in [0.5, 0.6) is 0 Å². The zero-order valence-corrected chi connectivity index (χ0v) is 17.7. The number of carboxylic acids is 1. The molecule has 0 spiro atoms. The Morgan fingerprint density at radius 1 is 1.03 bits per heavy atom. The Bertz CT molecular complexity index is 1020. The minimum Gasteiger partial charge on any atom is -0.477 e. The maximum atomic E-state index is 13.3. The van der Waals surface area contributed by atoms with E-state index < -0.39 is 36.5 Å². The highest BCUT2D eigenvalue weighted by Crippen LogP contribution is 2.44. The Kier molecular flexibility index (Phi) is 6.31. The van der Waals surface area contributed by atoms with Gasteiger partial charge in [-0.15, -0.1) is 0 Å². The van der Waals surface area contributed by atoms with Gasteiger partial charge in [0, 0.05) is 5.92 Å². The van der Waals surface area contributed by atoms with Gasteiger partial charge in [0.15, 0.2) is 0 Å². The molecule has 0 heterocycles. The summed E-state index contributed by atoms with van der Waals surface area (Å²) in [6.45, 7) is -1.30. The Hall–Kier alpha value is -3.49. The third-order valence-electron chi connectivity index (χ3n) is 6.02. The first-order valence-electron chi connectivity index (χ1n) is 10.8. The van der Waals surface area contributed by atoms with Gasteiger partial charge in [-0.1, -0.05) is 61.4 Å². The van der Waals surface area contributed by atoms with Crippen LogP contribution in [0.15, 0.2) is 48.5 Å². The number of nitrogens with one attached hydrogen (secondary N) is 2. The molecule has 0 unspecified atom stereocenters. The fraction of sp³-hybridized carbons (Fsp3) is 0.375. The first-order valence-corrected chi connectivity index (χ1v) is 10.8. The van der Waals surface area contributed by atoms with Crippen LogP contribution in [0.4, 0.5) is 13.6 Å². The van der Waals surface area contributed by atoms with Gasteiger partial charge in [0.2, 0.25) is 5.91 Å². The molecule has 1 atom stereocenters. The second-order valence-electron chi connectivity index (χ2n) is 8.43. The number of amides is 2. The molecule has 1 saturated carbocycles. The van der Waals surface area contributed by atoms with Crippen LogP contribution in [-0.2, 0) is 14.3 Å². The number of hydrogen-bond acceptors (Lipinski definition) is 4. The molecule has 4 rings (SSSR count). The van der Waals surface area contributed by atoms with Crippen molar-refractivity contribution in [1.82, 2.24) is 10.6 Å². The molecule has 33 heavy (non-hydrogen) atoms. The van der Waals surface area contributed by atoms with Crippen LogP contribution < -0.4 is 10.6 Å². The van der Waals surface area contributed by atoms with E-state index in [-0.39, 0.29) is 24.9 Å². The van der Waals surface area contributed by atoms with Gasteiger partial charge in [0.1, 0.15) is 12.6 Å². The highest BCUT2D eigenvalue weighted by molar-refractivity contribution is 5.86. The first-order chi connectivity index (χ1) is 15.8. The van der Waals surface area contributed by atoms with Crippen molar-refractivity contribution in [3.8, 4) is 11.1 Å². The van der Waals surface area contributed by atoms with E-state index in [1.807, 2.05) is 53.8 Å². The Morgan fingerprint density at radius 3 is 2.15 bits per heavy atom. The number of halogens is 2. The quantitative estimate of drug-likeness (QED) is 0.533. The Labute approximate surface area is 189 Å². The number of carboxylic acid groups (broad SMARTS) is 1. The van der Waals surface area contributed by atoms with E-state index in [0.717, 1.165) is 35.1 Å². The average molecular weight is 458 g/mol. The van der Waals surface area contributed by atoms with Crippen LogP contribution in [0.3, 0.4) is 0 Å². The summed E-state index contributed by atoms with van der Waals surface area (Å²) < 4.78 is 32.1. The molecular weight excluding hydrogens is 434 g/mol. The third-order valence-corrected chi connectivity index (χ3v) is 6.02. The molecule has 0 aliphatic heterocycles. The fourth-order valence-corrected chi connectivity index (χ4v) is 4.10.